The summed E-state index contributed by atoms with van der Waals surface area (Å²) in [5.74, 6) is 0. The molecule has 14 nitrogen and oxygen atoms in total. The van der Waals surface area contributed by atoms with Crippen LogP contribution in [0.25, 0.3) is 0 Å². The van der Waals surface area contributed by atoms with Gasteiger partial charge < -0.3 is 0 Å². The van der Waals surface area contributed by atoms with E-state index in [2.05, 4.69) is 19.9 Å². The predicted molar refractivity (Wildman–Crippen MR) is 108 cm³/mol. The summed E-state index contributed by atoms with van der Waals surface area (Å²) in [7, 11) is -9.89. The molecule has 0 saturated carbocycles. The number of aromatic nitrogens is 3. The van der Waals surface area contributed by atoms with E-state index in [1.165, 1.54) is 13.8 Å². The molecule has 0 atom stereocenters. The van der Waals surface area contributed by atoms with Crippen LogP contribution in [0, 0.1) is 43.1 Å². The van der Waals surface area contributed by atoms with Crippen molar-refractivity contribution in [3.63, 3.8) is 0 Å². The fourth-order valence-corrected chi connectivity index (χ4v) is 2.33. The number of halogens is 2. The SMILES string of the molecule is CC#N.CC#N.[O-][Cl+3]([O-])([O-])[O-].[O-][Cl+3]([O-])([O-])[O-].[Zn+2].c1ccc(CN(Cc2ccccn2)Cc2ccccn2)nc1. The molecule has 0 spiro atoms. The number of pyridine rings is 3. The van der Waals surface area contributed by atoms with E-state index in [-0.39, 0.29) is 19.5 Å². The Kier molecular flexibility index (Phi) is 25.4. The fraction of sp³-hybridized carbons (Fsp3) is 0.227. The quantitative estimate of drug-likeness (QED) is 0.228. The van der Waals surface area contributed by atoms with E-state index >= 15 is 0 Å². The van der Waals surface area contributed by atoms with Gasteiger partial charge in [0.1, 0.15) is 0 Å². The second-order valence-electron chi connectivity index (χ2n) is 6.31. The molecular weight excluding hydrogens is 613 g/mol. The fourth-order valence-electron chi connectivity index (χ4n) is 2.33. The largest absolute Gasteiger partial charge is 2.00 e. The molecule has 0 aliphatic heterocycles. The van der Waals surface area contributed by atoms with Gasteiger partial charge in [-0.2, -0.15) is 10.5 Å². The molecule has 0 amide bonds. The molecule has 3 heterocycles. The standard InChI is InChI=1S/C18H18N4.2C2H3N.2ClHO4.Zn/c1-4-10-19-16(7-1)13-22(14-17-8-2-5-11-20-17)15-18-9-3-6-12-21-18;2*1-2-3;2*2-1(3,4)5;/h1-12H,13-15H2;2*1H3;2*(H,2,3,4,5);/q;;;;;+2/p-2. The zero-order valence-electron chi connectivity index (χ0n) is 21.0. The molecule has 0 saturated heterocycles. The first-order chi connectivity index (χ1) is 17.7. The minimum atomic E-state index is -4.94. The zero-order valence-corrected chi connectivity index (χ0v) is 25.4. The van der Waals surface area contributed by atoms with E-state index < -0.39 is 20.5 Å². The Labute approximate surface area is 242 Å². The first kappa shape index (κ1) is 40.8. The van der Waals surface area contributed by atoms with Gasteiger partial charge in [-0.05, 0) is 36.4 Å². The van der Waals surface area contributed by atoms with Gasteiger partial charge >= 0.3 is 19.5 Å². The van der Waals surface area contributed by atoms with Gasteiger partial charge in [-0.1, -0.05) is 18.2 Å². The third kappa shape index (κ3) is 35.3. The van der Waals surface area contributed by atoms with Crippen molar-refractivity contribution in [1.29, 1.82) is 10.5 Å². The van der Waals surface area contributed by atoms with E-state index in [4.69, 9.17) is 47.8 Å². The van der Waals surface area contributed by atoms with E-state index in [1.54, 1.807) is 12.1 Å². The molecule has 3 rings (SSSR count). The average Bonchev–Trinajstić information content (AvgIpc) is 2.80. The molecule has 0 radical (unpaired) electrons. The van der Waals surface area contributed by atoms with Gasteiger partial charge in [-0.3, -0.25) is 19.9 Å². The summed E-state index contributed by atoms with van der Waals surface area (Å²) in [4.78, 5) is 15.6. The molecule has 0 fully saturated rings. The maximum atomic E-state index is 8.49. The zero-order chi connectivity index (χ0) is 29.5. The Balaban J connectivity index is -0.000000633. The van der Waals surface area contributed by atoms with Gasteiger partial charge in [-0.25, -0.2) is 37.3 Å². The molecule has 17 heteroatoms. The van der Waals surface area contributed by atoms with Crippen LogP contribution in [0.15, 0.2) is 73.2 Å². The van der Waals surface area contributed by atoms with E-state index in [0.717, 1.165) is 36.7 Å². The van der Waals surface area contributed by atoms with Crippen LogP contribution in [0.5, 0.6) is 0 Å². The van der Waals surface area contributed by atoms with Crippen molar-refractivity contribution in [3.8, 4) is 12.1 Å². The molecule has 0 bridgehead atoms. The van der Waals surface area contributed by atoms with Crippen LogP contribution in [-0.2, 0) is 39.1 Å². The van der Waals surface area contributed by atoms with Crippen molar-refractivity contribution in [3.05, 3.63) is 90.3 Å². The van der Waals surface area contributed by atoms with Crippen LogP contribution < -0.4 is 37.3 Å². The summed E-state index contributed by atoms with van der Waals surface area (Å²) >= 11 is 0. The number of nitriles is 2. The third-order valence-electron chi connectivity index (χ3n) is 3.34. The van der Waals surface area contributed by atoms with Gasteiger partial charge in [0.05, 0.1) is 29.2 Å². The summed E-state index contributed by atoms with van der Waals surface area (Å²) in [6, 6.07) is 21.5. The third-order valence-corrected chi connectivity index (χ3v) is 3.34. The van der Waals surface area contributed by atoms with Crippen molar-refractivity contribution < 1.29 is 77.2 Å². The number of hydrogen-bond donors (Lipinski definition) is 0. The van der Waals surface area contributed by atoms with Gasteiger partial charge in [0.2, 0.25) is 0 Å². The van der Waals surface area contributed by atoms with Gasteiger partial charge in [0.25, 0.3) is 0 Å². The molecule has 206 valence electrons. The van der Waals surface area contributed by atoms with Gasteiger partial charge in [0, 0.05) is 52.1 Å². The van der Waals surface area contributed by atoms with Gasteiger partial charge in [0.15, 0.2) is 0 Å². The summed E-state index contributed by atoms with van der Waals surface area (Å²) < 4.78 is 67.9. The molecular formula is C22H24Cl2N6O8Zn. The molecule has 0 aliphatic carbocycles. The molecule has 3 aromatic heterocycles. The molecule has 0 N–H and O–H groups in total. The van der Waals surface area contributed by atoms with Crippen LogP contribution in [0.3, 0.4) is 0 Å². The number of hydrogen-bond acceptors (Lipinski definition) is 14. The Morgan fingerprint density at radius 2 is 0.795 bits per heavy atom. The van der Waals surface area contributed by atoms with E-state index in [1.807, 2.05) is 73.2 Å². The van der Waals surface area contributed by atoms with E-state index in [9.17, 15) is 0 Å². The minimum Gasteiger partial charge on any atom is -0.286 e. The Bertz CT molecular complexity index is 917. The molecule has 39 heavy (non-hydrogen) atoms. The molecule has 3 aromatic rings. The summed E-state index contributed by atoms with van der Waals surface area (Å²) in [5, 5.41) is 14.6. The van der Waals surface area contributed by atoms with Gasteiger partial charge in [-0.15, -0.1) is 20.5 Å². The van der Waals surface area contributed by atoms with E-state index in [0.29, 0.717) is 0 Å². The molecule has 0 aliphatic rings. The van der Waals surface area contributed by atoms with Crippen molar-refractivity contribution in [2.75, 3.05) is 0 Å². The van der Waals surface area contributed by atoms with Crippen LogP contribution in [0.1, 0.15) is 30.9 Å². The Morgan fingerprint density at radius 1 is 0.590 bits per heavy atom. The molecule has 0 unspecified atom stereocenters. The minimum absolute atomic E-state index is 0. The summed E-state index contributed by atoms with van der Waals surface area (Å²) in [6.45, 7) is 5.18. The topological polar surface area (TPSA) is 274 Å². The van der Waals surface area contributed by atoms with Crippen LogP contribution >= 0.6 is 0 Å². The van der Waals surface area contributed by atoms with Crippen molar-refractivity contribution >= 4 is 0 Å². The van der Waals surface area contributed by atoms with Crippen LogP contribution in [0.2, 0.25) is 0 Å². The summed E-state index contributed by atoms with van der Waals surface area (Å²) in [6.07, 6.45) is 5.49. The summed E-state index contributed by atoms with van der Waals surface area (Å²) in [5.41, 5.74) is 3.15. The predicted octanol–water partition coefficient (Wildman–Crippen LogP) is -5.38. The van der Waals surface area contributed by atoms with Crippen molar-refractivity contribution in [1.82, 2.24) is 19.9 Å². The Hall–Kier alpha value is -2.73. The second-order valence-corrected chi connectivity index (χ2v) is 7.82. The maximum absolute atomic E-state index is 8.49. The second kappa shape index (κ2) is 24.3. The smallest absolute Gasteiger partial charge is 0.286 e. The normalized spacial score (nSPS) is 9.56. The van der Waals surface area contributed by atoms with Crippen LogP contribution in [0.4, 0.5) is 0 Å². The Morgan fingerprint density at radius 3 is 0.949 bits per heavy atom. The monoisotopic (exact) mass is 634 g/mol. The molecule has 0 aromatic carbocycles. The number of rotatable bonds is 6. The first-order valence-corrected chi connectivity index (χ1v) is 12.5. The number of nitrogens with zero attached hydrogens (tertiary/aromatic N) is 6. The average molecular weight is 637 g/mol. The van der Waals surface area contributed by atoms with Crippen LogP contribution in [-0.4, -0.2) is 19.9 Å². The van der Waals surface area contributed by atoms with Crippen molar-refractivity contribution in [2.45, 2.75) is 33.5 Å². The van der Waals surface area contributed by atoms with Crippen molar-refractivity contribution in [2.24, 2.45) is 0 Å². The first-order valence-electron chi connectivity index (χ1n) is 10.0. The maximum Gasteiger partial charge on any atom is 2.00 e.